The summed E-state index contributed by atoms with van der Waals surface area (Å²) >= 11 is 3.35. The Morgan fingerprint density at radius 3 is 2.65 bits per heavy atom. The molecule has 1 aliphatic heterocycles. The van der Waals surface area contributed by atoms with Crippen molar-refractivity contribution in [3.63, 3.8) is 0 Å². The van der Waals surface area contributed by atoms with Crippen LogP contribution in [-0.4, -0.2) is 30.1 Å². The highest BCUT2D eigenvalue weighted by atomic mass is 79.9. The summed E-state index contributed by atoms with van der Waals surface area (Å²) in [7, 11) is 0. The molecule has 1 heterocycles. The number of esters is 1. The molecule has 0 saturated heterocycles. The first-order valence-corrected chi connectivity index (χ1v) is 7.82. The first-order valence-electron chi connectivity index (χ1n) is 7.03. The predicted molar refractivity (Wildman–Crippen MR) is 86.5 cm³/mol. The number of halogens is 1. The van der Waals surface area contributed by atoms with Crippen LogP contribution >= 0.6 is 15.9 Å². The molecule has 2 N–H and O–H groups in total. The third-order valence-electron chi connectivity index (χ3n) is 3.22. The van der Waals surface area contributed by atoms with Crippen LogP contribution in [0.2, 0.25) is 0 Å². The number of carbonyl (C=O) groups excluding carboxylic acids is 3. The number of rotatable bonds is 5. The molecule has 0 aliphatic carbocycles. The summed E-state index contributed by atoms with van der Waals surface area (Å²) in [5, 5.41) is 6.35. The number of nitrogens with one attached hydrogen (secondary N) is 2. The maximum Gasteiger partial charge on any atom is 0.355 e. The monoisotopic (exact) mass is 381 g/mol. The number of amides is 2. The maximum atomic E-state index is 11.8. The molecule has 2 rings (SSSR count). The minimum atomic E-state index is -0.698. The van der Waals surface area contributed by atoms with Gasteiger partial charge < -0.3 is 10.1 Å². The zero-order valence-corrected chi connectivity index (χ0v) is 14.1. The Hall–Kier alpha value is -2.22. The van der Waals surface area contributed by atoms with E-state index in [9.17, 15) is 14.4 Å². The van der Waals surface area contributed by atoms with Crippen LogP contribution in [0.1, 0.15) is 31.4 Å². The Balaban J connectivity index is 1.79. The van der Waals surface area contributed by atoms with Crippen LogP contribution in [0, 0.1) is 0 Å². The highest BCUT2D eigenvalue weighted by Crippen LogP contribution is 2.16. The molecule has 1 aliphatic rings. The van der Waals surface area contributed by atoms with Gasteiger partial charge >= 0.3 is 5.97 Å². The van der Waals surface area contributed by atoms with Crippen LogP contribution in [0.25, 0.3) is 0 Å². The molecule has 0 bridgehead atoms. The average Bonchev–Trinajstić information content (AvgIpc) is 2.54. The molecule has 0 saturated carbocycles. The van der Waals surface area contributed by atoms with Crippen molar-refractivity contribution in [2.24, 2.45) is 5.10 Å². The fourth-order valence-electron chi connectivity index (χ4n) is 1.95. The first-order chi connectivity index (χ1) is 11.0. The number of benzene rings is 1. The van der Waals surface area contributed by atoms with Gasteiger partial charge in [0.05, 0.1) is 6.04 Å². The molecule has 0 radical (unpaired) electrons. The SMILES string of the molecule is C[C@@H](NC(=O)COC(=O)C1=NNC(=O)CC1)c1ccc(Br)cc1. The van der Waals surface area contributed by atoms with Crippen molar-refractivity contribution in [1.82, 2.24) is 10.7 Å². The number of carbonyl (C=O) groups is 3. The highest BCUT2D eigenvalue weighted by Gasteiger charge is 2.20. The third-order valence-corrected chi connectivity index (χ3v) is 3.75. The summed E-state index contributed by atoms with van der Waals surface area (Å²) < 4.78 is 5.85. The minimum absolute atomic E-state index is 0.110. The van der Waals surface area contributed by atoms with Crippen LogP contribution in [0.3, 0.4) is 0 Å². The Bertz CT molecular complexity index is 643. The third kappa shape index (κ3) is 5.17. The van der Waals surface area contributed by atoms with Crippen molar-refractivity contribution in [3.05, 3.63) is 34.3 Å². The van der Waals surface area contributed by atoms with Crippen molar-refractivity contribution in [2.45, 2.75) is 25.8 Å². The van der Waals surface area contributed by atoms with E-state index in [0.29, 0.717) is 0 Å². The van der Waals surface area contributed by atoms with Crippen LogP contribution < -0.4 is 10.7 Å². The Morgan fingerprint density at radius 2 is 2.04 bits per heavy atom. The number of nitrogens with zero attached hydrogens (tertiary/aromatic N) is 1. The predicted octanol–water partition coefficient (Wildman–Crippen LogP) is 1.44. The van der Waals surface area contributed by atoms with Gasteiger partial charge in [-0.3, -0.25) is 9.59 Å². The molecular formula is C15H16BrN3O4. The fraction of sp³-hybridized carbons (Fsp3) is 0.333. The topological polar surface area (TPSA) is 96.9 Å². The van der Waals surface area contributed by atoms with E-state index in [4.69, 9.17) is 4.74 Å². The van der Waals surface area contributed by atoms with E-state index in [-0.39, 0.29) is 30.5 Å². The second kappa shape index (κ2) is 7.87. The van der Waals surface area contributed by atoms with Gasteiger partial charge in [-0.15, -0.1) is 0 Å². The van der Waals surface area contributed by atoms with E-state index >= 15 is 0 Å². The number of hydrogen-bond donors (Lipinski definition) is 2. The molecule has 8 heteroatoms. The molecule has 2 amide bonds. The van der Waals surface area contributed by atoms with E-state index in [1.54, 1.807) is 0 Å². The molecule has 23 heavy (non-hydrogen) atoms. The van der Waals surface area contributed by atoms with Gasteiger partial charge in [-0.1, -0.05) is 28.1 Å². The zero-order chi connectivity index (χ0) is 16.8. The summed E-state index contributed by atoms with van der Waals surface area (Å²) in [6.07, 6.45) is 0.391. The van der Waals surface area contributed by atoms with Crippen molar-refractivity contribution < 1.29 is 19.1 Å². The van der Waals surface area contributed by atoms with Gasteiger partial charge in [0.25, 0.3) is 5.91 Å². The molecule has 1 atom stereocenters. The number of hydrazone groups is 1. The Labute approximate surface area is 141 Å². The van der Waals surface area contributed by atoms with Crippen molar-refractivity contribution >= 4 is 39.4 Å². The van der Waals surface area contributed by atoms with E-state index in [0.717, 1.165) is 10.0 Å². The van der Waals surface area contributed by atoms with Gasteiger partial charge in [0.15, 0.2) is 6.61 Å². The standard InChI is InChI=1S/C15H16BrN3O4/c1-9(10-2-4-11(16)5-3-10)17-14(21)8-23-15(22)12-6-7-13(20)19-18-12/h2-5,9H,6-8H2,1H3,(H,17,21)(H,19,20)/t9-/m1/s1. The van der Waals surface area contributed by atoms with Crippen LogP contribution in [0.5, 0.6) is 0 Å². The molecule has 122 valence electrons. The smallest absolute Gasteiger partial charge is 0.355 e. The first kappa shape index (κ1) is 17.1. The molecule has 0 aromatic heterocycles. The number of hydrogen-bond acceptors (Lipinski definition) is 5. The van der Waals surface area contributed by atoms with E-state index in [1.165, 1.54) is 0 Å². The molecule has 0 spiro atoms. The Kier molecular flexibility index (Phi) is 5.86. The van der Waals surface area contributed by atoms with E-state index < -0.39 is 18.5 Å². The van der Waals surface area contributed by atoms with Gasteiger partial charge in [0.1, 0.15) is 5.71 Å². The minimum Gasteiger partial charge on any atom is -0.451 e. The molecule has 1 aromatic carbocycles. The van der Waals surface area contributed by atoms with Gasteiger partial charge in [-0.2, -0.15) is 5.10 Å². The fourth-order valence-corrected chi connectivity index (χ4v) is 2.22. The van der Waals surface area contributed by atoms with E-state index in [1.807, 2.05) is 31.2 Å². The van der Waals surface area contributed by atoms with Gasteiger partial charge in [-0.25, -0.2) is 10.2 Å². The Morgan fingerprint density at radius 1 is 1.35 bits per heavy atom. The van der Waals surface area contributed by atoms with E-state index in [2.05, 4.69) is 31.8 Å². The summed E-state index contributed by atoms with van der Waals surface area (Å²) in [4.78, 5) is 34.5. The lowest BCUT2D eigenvalue weighted by Gasteiger charge is -2.15. The number of ether oxygens (including phenoxy) is 1. The lowest BCUT2D eigenvalue weighted by atomic mass is 10.1. The van der Waals surface area contributed by atoms with Gasteiger partial charge in [0, 0.05) is 17.3 Å². The normalized spacial score (nSPS) is 15.2. The molecule has 0 fully saturated rings. The van der Waals surface area contributed by atoms with Crippen molar-refractivity contribution in [1.29, 1.82) is 0 Å². The van der Waals surface area contributed by atoms with Gasteiger partial charge in [0.2, 0.25) is 5.91 Å². The summed E-state index contributed by atoms with van der Waals surface area (Å²) in [5.74, 6) is -1.35. The average molecular weight is 382 g/mol. The molecule has 0 unspecified atom stereocenters. The summed E-state index contributed by atoms with van der Waals surface area (Å²) in [6, 6.07) is 7.34. The van der Waals surface area contributed by atoms with Crippen LogP contribution in [-0.2, 0) is 19.1 Å². The summed E-state index contributed by atoms with van der Waals surface area (Å²) in [5.41, 5.74) is 3.25. The van der Waals surface area contributed by atoms with Crippen molar-refractivity contribution in [3.8, 4) is 0 Å². The second-order valence-electron chi connectivity index (χ2n) is 5.01. The van der Waals surface area contributed by atoms with Crippen molar-refractivity contribution in [2.75, 3.05) is 6.61 Å². The lowest BCUT2D eigenvalue weighted by molar-refractivity contribution is -0.142. The largest absolute Gasteiger partial charge is 0.451 e. The van der Waals surface area contributed by atoms with Gasteiger partial charge in [-0.05, 0) is 24.6 Å². The van der Waals surface area contributed by atoms with Crippen LogP contribution in [0.4, 0.5) is 0 Å². The molecule has 7 nitrogen and oxygen atoms in total. The quantitative estimate of drug-likeness (QED) is 0.754. The maximum absolute atomic E-state index is 11.8. The zero-order valence-electron chi connectivity index (χ0n) is 12.5. The van der Waals surface area contributed by atoms with Crippen LogP contribution in [0.15, 0.2) is 33.8 Å². The highest BCUT2D eigenvalue weighted by molar-refractivity contribution is 9.10. The molecular weight excluding hydrogens is 366 g/mol. The lowest BCUT2D eigenvalue weighted by Crippen LogP contribution is -2.34. The molecule has 1 aromatic rings. The summed E-state index contributed by atoms with van der Waals surface area (Å²) in [6.45, 7) is 1.44. The second-order valence-corrected chi connectivity index (χ2v) is 5.93.